The van der Waals surface area contributed by atoms with Gasteiger partial charge in [0.05, 0.1) is 0 Å². The summed E-state index contributed by atoms with van der Waals surface area (Å²) in [6, 6.07) is 12.4. The average molecular weight is 282 g/mol. The lowest BCUT2D eigenvalue weighted by Crippen LogP contribution is -1.98. The molecule has 0 aliphatic rings. The largest absolute Gasteiger partial charge is 0.439 e. The molecule has 0 bridgehead atoms. The summed E-state index contributed by atoms with van der Waals surface area (Å²) in [7, 11) is 0. The normalized spacial score (nSPS) is 10.1. The number of ether oxygens (including phenoxy) is 1. The summed E-state index contributed by atoms with van der Waals surface area (Å²) in [5.74, 6) is 1.18. The van der Waals surface area contributed by atoms with Gasteiger partial charge in [-0.2, -0.15) is 0 Å². The molecular formula is C13H9Cl2NO2. The molecule has 0 radical (unpaired) electrons. The molecule has 1 aromatic carbocycles. The van der Waals surface area contributed by atoms with Crippen LogP contribution in [0.1, 0.15) is 16.1 Å². The van der Waals surface area contributed by atoms with Crippen molar-refractivity contribution in [2.75, 3.05) is 0 Å². The van der Waals surface area contributed by atoms with Gasteiger partial charge in [0, 0.05) is 11.9 Å². The van der Waals surface area contributed by atoms with Gasteiger partial charge < -0.3 is 4.74 Å². The van der Waals surface area contributed by atoms with Gasteiger partial charge in [0.15, 0.2) is 0 Å². The molecule has 0 saturated heterocycles. The predicted molar refractivity (Wildman–Crippen MR) is 70.5 cm³/mol. The Morgan fingerprint density at radius 3 is 2.56 bits per heavy atom. The Bertz CT molecular complexity index is 558. The first-order valence-corrected chi connectivity index (χ1v) is 6.10. The lowest BCUT2D eigenvalue weighted by Gasteiger charge is -2.07. The third kappa shape index (κ3) is 3.22. The molecule has 2 rings (SSSR count). The van der Waals surface area contributed by atoms with Crippen LogP contribution in [0.3, 0.4) is 0 Å². The third-order valence-corrected chi connectivity index (χ3v) is 2.69. The van der Waals surface area contributed by atoms with Crippen molar-refractivity contribution in [1.82, 2.24) is 4.98 Å². The number of hydrogen-bond acceptors (Lipinski definition) is 3. The van der Waals surface area contributed by atoms with Crippen molar-refractivity contribution in [3.05, 3.63) is 53.7 Å². The second kappa shape index (κ2) is 5.85. The highest BCUT2D eigenvalue weighted by Crippen LogP contribution is 2.22. The highest BCUT2D eigenvalue weighted by atomic mass is 35.5. The summed E-state index contributed by atoms with van der Waals surface area (Å²) in [5.41, 5.74) is 0.849. The molecule has 5 heteroatoms. The van der Waals surface area contributed by atoms with Gasteiger partial charge >= 0.3 is 0 Å². The van der Waals surface area contributed by atoms with Crippen molar-refractivity contribution in [1.29, 1.82) is 0 Å². The molecular weight excluding hydrogens is 273 g/mol. The molecule has 0 N–H and O–H groups in total. The van der Waals surface area contributed by atoms with Crippen LogP contribution in [0.4, 0.5) is 0 Å². The maximum Gasteiger partial charge on any atom is 0.270 e. The average Bonchev–Trinajstić information content (AvgIpc) is 2.39. The SMILES string of the molecule is O=C(Cl)c1cc(CCl)cc(Oc2ccccc2)n1. The minimum Gasteiger partial charge on any atom is -0.439 e. The summed E-state index contributed by atoms with van der Waals surface area (Å²) in [6.45, 7) is 0. The first-order valence-electron chi connectivity index (χ1n) is 5.18. The van der Waals surface area contributed by atoms with Crippen molar-refractivity contribution < 1.29 is 9.53 Å². The first-order chi connectivity index (χ1) is 8.69. The molecule has 0 fully saturated rings. The fraction of sp³-hybridized carbons (Fsp3) is 0.0769. The van der Waals surface area contributed by atoms with Gasteiger partial charge in [0.2, 0.25) is 5.88 Å². The summed E-state index contributed by atoms with van der Waals surface area (Å²) in [5, 5.41) is -0.639. The summed E-state index contributed by atoms with van der Waals surface area (Å²) in [6.07, 6.45) is 0. The van der Waals surface area contributed by atoms with E-state index < -0.39 is 5.24 Å². The molecule has 0 aliphatic heterocycles. The number of pyridine rings is 1. The van der Waals surface area contributed by atoms with Gasteiger partial charge in [-0.1, -0.05) is 18.2 Å². The van der Waals surface area contributed by atoms with Crippen LogP contribution in [0.5, 0.6) is 11.6 Å². The zero-order valence-corrected chi connectivity index (χ0v) is 10.8. The number of aromatic nitrogens is 1. The summed E-state index contributed by atoms with van der Waals surface area (Å²) in [4.78, 5) is 15.1. The van der Waals surface area contributed by atoms with Crippen LogP contribution in [0, 0.1) is 0 Å². The van der Waals surface area contributed by atoms with Gasteiger partial charge in [-0.15, -0.1) is 11.6 Å². The van der Waals surface area contributed by atoms with E-state index in [-0.39, 0.29) is 11.6 Å². The molecule has 92 valence electrons. The van der Waals surface area contributed by atoms with E-state index in [0.29, 0.717) is 11.6 Å². The Kier molecular flexibility index (Phi) is 4.18. The number of benzene rings is 1. The Morgan fingerprint density at radius 1 is 1.22 bits per heavy atom. The quantitative estimate of drug-likeness (QED) is 0.628. The third-order valence-electron chi connectivity index (χ3n) is 2.18. The Balaban J connectivity index is 2.32. The first kappa shape index (κ1) is 12.9. The standard InChI is InChI=1S/C13H9Cl2NO2/c14-8-9-6-11(13(15)17)16-12(7-9)18-10-4-2-1-3-5-10/h1-7H,8H2. The number of nitrogens with zero attached hydrogens (tertiary/aromatic N) is 1. The van der Waals surface area contributed by atoms with Crippen molar-refractivity contribution in [2.24, 2.45) is 0 Å². The lowest BCUT2D eigenvalue weighted by atomic mass is 10.2. The molecule has 0 atom stereocenters. The van der Waals surface area contributed by atoms with Crippen LogP contribution in [0.2, 0.25) is 0 Å². The van der Waals surface area contributed by atoms with Crippen LogP contribution in [0.15, 0.2) is 42.5 Å². The molecule has 0 aliphatic carbocycles. The molecule has 2 aromatic rings. The van der Waals surface area contributed by atoms with Gasteiger partial charge in [-0.25, -0.2) is 4.98 Å². The molecule has 0 unspecified atom stereocenters. The van der Waals surface area contributed by atoms with Crippen LogP contribution < -0.4 is 4.74 Å². The van der Waals surface area contributed by atoms with E-state index >= 15 is 0 Å². The molecule has 3 nitrogen and oxygen atoms in total. The smallest absolute Gasteiger partial charge is 0.270 e. The van der Waals surface area contributed by atoms with Crippen LogP contribution >= 0.6 is 23.2 Å². The second-order valence-corrected chi connectivity index (χ2v) is 4.13. The van der Waals surface area contributed by atoms with Crippen molar-refractivity contribution in [2.45, 2.75) is 5.88 Å². The van der Waals surface area contributed by atoms with E-state index in [1.54, 1.807) is 24.3 Å². The van der Waals surface area contributed by atoms with E-state index in [1.807, 2.05) is 18.2 Å². The minimum absolute atomic E-state index is 0.126. The van der Waals surface area contributed by atoms with Gasteiger partial charge in [-0.3, -0.25) is 4.79 Å². The van der Waals surface area contributed by atoms with Crippen molar-refractivity contribution >= 4 is 28.4 Å². The number of rotatable bonds is 4. The number of carbonyl (C=O) groups excluding carboxylic acids is 1. The number of hydrogen-bond donors (Lipinski definition) is 0. The van der Waals surface area contributed by atoms with E-state index in [1.165, 1.54) is 0 Å². The van der Waals surface area contributed by atoms with Gasteiger partial charge in [0.1, 0.15) is 11.4 Å². The summed E-state index contributed by atoms with van der Waals surface area (Å²) < 4.78 is 5.53. The maximum atomic E-state index is 11.1. The molecule has 0 amide bonds. The van der Waals surface area contributed by atoms with E-state index in [2.05, 4.69) is 4.98 Å². The second-order valence-electron chi connectivity index (χ2n) is 3.52. The molecule has 0 saturated carbocycles. The van der Waals surface area contributed by atoms with Crippen LogP contribution in [-0.2, 0) is 5.88 Å². The Labute approximate surface area is 114 Å². The number of alkyl halides is 1. The van der Waals surface area contributed by atoms with Gasteiger partial charge in [0.25, 0.3) is 5.24 Å². The summed E-state index contributed by atoms with van der Waals surface area (Å²) >= 11 is 11.1. The number of carbonyl (C=O) groups is 1. The molecule has 1 aromatic heterocycles. The topological polar surface area (TPSA) is 39.2 Å². The number of para-hydroxylation sites is 1. The predicted octanol–water partition coefficient (Wildman–Crippen LogP) is 3.99. The fourth-order valence-corrected chi connectivity index (χ4v) is 1.65. The maximum absolute atomic E-state index is 11.1. The van der Waals surface area contributed by atoms with Crippen LogP contribution in [0.25, 0.3) is 0 Å². The molecule has 1 heterocycles. The minimum atomic E-state index is -0.639. The van der Waals surface area contributed by atoms with E-state index in [0.717, 1.165) is 5.56 Å². The highest BCUT2D eigenvalue weighted by molar-refractivity contribution is 6.67. The number of halogens is 2. The Hall–Kier alpha value is -1.58. The van der Waals surface area contributed by atoms with E-state index in [9.17, 15) is 4.79 Å². The van der Waals surface area contributed by atoms with Crippen molar-refractivity contribution in [3.8, 4) is 11.6 Å². The van der Waals surface area contributed by atoms with Gasteiger partial charge in [-0.05, 0) is 35.4 Å². The fourth-order valence-electron chi connectivity index (χ4n) is 1.40. The Morgan fingerprint density at radius 2 is 1.94 bits per heavy atom. The monoisotopic (exact) mass is 281 g/mol. The highest BCUT2D eigenvalue weighted by Gasteiger charge is 2.09. The van der Waals surface area contributed by atoms with E-state index in [4.69, 9.17) is 27.9 Å². The van der Waals surface area contributed by atoms with Crippen molar-refractivity contribution in [3.63, 3.8) is 0 Å². The lowest BCUT2D eigenvalue weighted by molar-refractivity contribution is 0.107. The van der Waals surface area contributed by atoms with Crippen LogP contribution in [-0.4, -0.2) is 10.2 Å². The zero-order valence-electron chi connectivity index (χ0n) is 9.27. The zero-order chi connectivity index (χ0) is 13.0. The molecule has 0 spiro atoms. The molecule has 18 heavy (non-hydrogen) atoms.